The number of nitrogens with two attached hydrogens (primary N) is 1. The van der Waals surface area contributed by atoms with E-state index in [4.69, 9.17) is 5.73 Å². The average Bonchev–Trinajstić information content (AvgIpc) is 3.31. The number of phenols is 1. The van der Waals surface area contributed by atoms with Crippen LogP contribution in [0.25, 0.3) is 32.1 Å². The van der Waals surface area contributed by atoms with E-state index in [9.17, 15) is 9.90 Å². The lowest BCUT2D eigenvalue weighted by molar-refractivity contribution is 0.477. The molecule has 4 aromatic rings. The fourth-order valence-corrected chi connectivity index (χ4v) is 4.92. The molecule has 0 unspecified atom stereocenters. The molecule has 0 bridgehead atoms. The Hall–Kier alpha value is -2.63. The first-order valence-electron chi connectivity index (χ1n) is 9.11. The number of hydrogen-bond acceptors (Lipinski definition) is 4. The number of aromatic nitrogens is 1. The van der Waals surface area contributed by atoms with Gasteiger partial charge in [0.2, 0.25) is 0 Å². The van der Waals surface area contributed by atoms with Crippen LogP contribution in [0.5, 0.6) is 5.75 Å². The third-order valence-electron chi connectivity index (χ3n) is 5.91. The second kappa shape index (κ2) is 5.68. The van der Waals surface area contributed by atoms with Crippen molar-refractivity contribution in [2.75, 3.05) is 6.54 Å². The molecule has 1 fully saturated rings. The van der Waals surface area contributed by atoms with E-state index in [-0.39, 0.29) is 16.7 Å². The number of thiophene rings is 1. The molecule has 5 rings (SSSR count). The largest absolute Gasteiger partial charge is 0.507 e. The molecule has 4 nitrogen and oxygen atoms in total. The Morgan fingerprint density at radius 3 is 2.63 bits per heavy atom. The predicted molar refractivity (Wildman–Crippen MR) is 112 cm³/mol. The summed E-state index contributed by atoms with van der Waals surface area (Å²) in [4.78, 5) is 15.4. The molecule has 2 aromatic heterocycles. The molecule has 0 amide bonds. The fourth-order valence-electron chi connectivity index (χ4n) is 4.13. The molecule has 1 aliphatic rings. The standard InChI is InChI=1S/C22H20N2O2S/c1-12-10-16(25)17(13-2-4-14(5-3-13)22(11-23)7-8-22)18-15-6-9-27-20(15)21(26)24-19(12)18/h2-6,9-10,25H,7-8,11,23H2,1H3,(H,24,26). The van der Waals surface area contributed by atoms with Crippen LogP contribution in [-0.2, 0) is 5.41 Å². The van der Waals surface area contributed by atoms with Gasteiger partial charge in [-0.3, -0.25) is 4.79 Å². The summed E-state index contributed by atoms with van der Waals surface area (Å²) in [6, 6.07) is 12.0. The number of pyridine rings is 1. The van der Waals surface area contributed by atoms with E-state index in [0.29, 0.717) is 11.2 Å². The van der Waals surface area contributed by atoms with Crippen molar-refractivity contribution in [2.45, 2.75) is 25.2 Å². The maximum atomic E-state index is 12.4. The minimum Gasteiger partial charge on any atom is -0.507 e. The first kappa shape index (κ1) is 16.5. The Kier molecular flexibility index (Phi) is 3.48. The molecule has 5 heteroatoms. The van der Waals surface area contributed by atoms with Gasteiger partial charge in [-0.05, 0) is 54.0 Å². The van der Waals surface area contributed by atoms with Crippen molar-refractivity contribution < 1.29 is 5.11 Å². The van der Waals surface area contributed by atoms with Crippen LogP contribution < -0.4 is 11.3 Å². The maximum Gasteiger partial charge on any atom is 0.266 e. The van der Waals surface area contributed by atoms with Crippen LogP contribution in [0.1, 0.15) is 24.0 Å². The molecule has 2 heterocycles. The molecule has 136 valence electrons. The number of hydrogen-bond donors (Lipinski definition) is 3. The zero-order chi connectivity index (χ0) is 18.8. The summed E-state index contributed by atoms with van der Waals surface area (Å²) < 4.78 is 0.686. The third kappa shape index (κ3) is 2.35. The second-order valence-corrected chi connectivity index (χ2v) is 8.43. The summed E-state index contributed by atoms with van der Waals surface area (Å²) in [6.45, 7) is 2.57. The van der Waals surface area contributed by atoms with Crippen molar-refractivity contribution >= 4 is 32.3 Å². The highest BCUT2D eigenvalue weighted by atomic mass is 32.1. The molecule has 1 saturated carbocycles. The number of aromatic hydroxyl groups is 1. The van der Waals surface area contributed by atoms with Gasteiger partial charge in [0.15, 0.2) is 0 Å². The Balaban J connectivity index is 1.80. The molecule has 0 atom stereocenters. The SMILES string of the molecule is Cc1cc(O)c(-c2ccc(C3(CN)CC3)cc2)c2c1[nH]c(=O)c1sccc12. The normalized spacial score (nSPS) is 15.5. The molecular weight excluding hydrogens is 356 g/mol. The Bertz CT molecular complexity index is 1250. The number of H-pyrrole nitrogens is 1. The van der Waals surface area contributed by atoms with Crippen LogP contribution >= 0.6 is 11.3 Å². The molecular formula is C22H20N2O2S. The van der Waals surface area contributed by atoms with Crippen molar-refractivity contribution in [3.05, 3.63) is 63.3 Å². The number of benzene rings is 2. The first-order chi connectivity index (χ1) is 13.0. The Morgan fingerprint density at radius 1 is 1.22 bits per heavy atom. The van der Waals surface area contributed by atoms with E-state index in [0.717, 1.165) is 45.8 Å². The number of aromatic amines is 1. The number of rotatable bonds is 3. The van der Waals surface area contributed by atoms with Gasteiger partial charge in [0.1, 0.15) is 10.4 Å². The summed E-state index contributed by atoms with van der Waals surface area (Å²) in [7, 11) is 0. The molecule has 0 saturated heterocycles. The second-order valence-electron chi connectivity index (χ2n) is 7.52. The van der Waals surface area contributed by atoms with E-state index >= 15 is 0 Å². The third-order valence-corrected chi connectivity index (χ3v) is 6.83. The molecule has 0 aliphatic heterocycles. The van der Waals surface area contributed by atoms with E-state index in [2.05, 4.69) is 29.2 Å². The number of aryl methyl sites for hydroxylation is 1. The van der Waals surface area contributed by atoms with Gasteiger partial charge in [-0.25, -0.2) is 0 Å². The van der Waals surface area contributed by atoms with Crippen molar-refractivity contribution in [3.8, 4) is 16.9 Å². The van der Waals surface area contributed by atoms with Crippen molar-refractivity contribution in [1.82, 2.24) is 4.98 Å². The van der Waals surface area contributed by atoms with Crippen molar-refractivity contribution in [3.63, 3.8) is 0 Å². The molecule has 4 N–H and O–H groups in total. The van der Waals surface area contributed by atoms with Crippen molar-refractivity contribution in [2.24, 2.45) is 5.73 Å². The van der Waals surface area contributed by atoms with E-state index in [1.807, 2.05) is 18.4 Å². The lowest BCUT2D eigenvalue weighted by Gasteiger charge is -2.16. The summed E-state index contributed by atoms with van der Waals surface area (Å²) in [5.74, 6) is 0.229. The van der Waals surface area contributed by atoms with Gasteiger partial charge in [-0.2, -0.15) is 0 Å². The van der Waals surface area contributed by atoms with Gasteiger partial charge >= 0.3 is 0 Å². The quantitative estimate of drug-likeness (QED) is 0.495. The number of phenolic OH excluding ortho intramolecular Hbond substituents is 1. The van der Waals surface area contributed by atoms with Gasteiger partial charge in [-0.1, -0.05) is 24.3 Å². The smallest absolute Gasteiger partial charge is 0.266 e. The zero-order valence-electron chi connectivity index (χ0n) is 15.0. The molecule has 2 aromatic carbocycles. The van der Waals surface area contributed by atoms with Gasteiger partial charge in [0, 0.05) is 28.3 Å². The topological polar surface area (TPSA) is 79.1 Å². The van der Waals surface area contributed by atoms with Gasteiger partial charge in [0.05, 0.1) is 5.52 Å². The predicted octanol–water partition coefficient (Wildman–Crippen LogP) is 4.41. The summed E-state index contributed by atoms with van der Waals surface area (Å²) in [5, 5.41) is 14.5. The number of nitrogens with one attached hydrogen (secondary N) is 1. The van der Waals surface area contributed by atoms with Crippen LogP contribution in [0, 0.1) is 6.92 Å². The fraction of sp³-hybridized carbons (Fsp3) is 0.227. The first-order valence-corrected chi connectivity index (χ1v) is 9.99. The average molecular weight is 376 g/mol. The van der Waals surface area contributed by atoms with Crippen LogP contribution in [0.15, 0.2) is 46.6 Å². The Labute approximate surface area is 160 Å². The molecule has 1 aliphatic carbocycles. The summed E-state index contributed by atoms with van der Waals surface area (Å²) in [5.41, 5.74) is 10.6. The summed E-state index contributed by atoms with van der Waals surface area (Å²) in [6.07, 6.45) is 2.27. The van der Waals surface area contributed by atoms with E-state index in [1.54, 1.807) is 6.07 Å². The molecule has 27 heavy (non-hydrogen) atoms. The lowest BCUT2D eigenvalue weighted by Crippen LogP contribution is -2.19. The van der Waals surface area contributed by atoms with Crippen LogP contribution in [0.4, 0.5) is 0 Å². The van der Waals surface area contributed by atoms with Gasteiger partial charge < -0.3 is 15.8 Å². The van der Waals surface area contributed by atoms with Crippen LogP contribution in [0.3, 0.4) is 0 Å². The van der Waals surface area contributed by atoms with E-state index in [1.165, 1.54) is 16.9 Å². The number of fused-ring (bicyclic) bond motifs is 3. The van der Waals surface area contributed by atoms with Crippen LogP contribution in [-0.4, -0.2) is 16.6 Å². The minimum atomic E-state index is -0.0822. The Morgan fingerprint density at radius 2 is 1.96 bits per heavy atom. The monoisotopic (exact) mass is 376 g/mol. The zero-order valence-corrected chi connectivity index (χ0v) is 15.8. The van der Waals surface area contributed by atoms with Gasteiger partial charge in [-0.15, -0.1) is 11.3 Å². The maximum absolute atomic E-state index is 12.4. The highest BCUT2D eigenvalue weighted by Crippen LogP contribution is 2.48. The van der Waals surface area contributed by atoms with Gasteiger partial charge in [0.25, 0.3) is 5.56 Å². The van der Waals surface area contributed by atoms with Crippen LogP contribution in [0.2, 0.25) is 0 Å². The molecule has 0 spiro atoms. The van der Waals surface area contributed by atoms with E-state index < -0.39 is 0 Å². The minimum absolute atomic E-state index is 0.0822. The highest BCUT2D eigenvalue weighted by molar-refractivity contribution is 7.17. The lowest BCUT2D eigenvalue weighted by atomic mass is 9.91. The summed E-state index contributed by atoms with van der Waals surface area (Å²) >= 11 is 1.42. The molecule has 0 radical (unpaired) electrons. The highest BCUT2D eigenvalue weighted by Gasteiger charge is 2.42. The van der Waals surface area contributed by atoms with Crippen molar-refractivity contribution in [1.29, 1.82) is 0 Å².